The molecule has 1 heterocycles. The number of nitrogens with one attached hydrogen (secondary N) is 2. The summed E-state index contributed by atoms with van der Waals surface area (Å²) in [7, 11) is 0. The van der Waals surface area contributed by atoms with Gasteiger partial charge >= 0.3 is 12.0 Å². The number of carbonyl (C=O) groups is 2. The lowest BCUT2D eigenvalue weighted by molar-refractivity contribution is 0.0526. The normalized spacial score (nSPS) is 10.2. The van der Waals surface area contributed by atoms with Crippen molar-refractivity contribution in [3.05, 3.63) is 11.3 Å². The molecule has 0 aliphatic carbocycles. The van der Waals surface area contributed by atoms with Gasteiger partial charge in [0.05, 0.1) is 6.61 Å². The number of anilines is 1. The van der Waals surface area contributed by atoms with E-state index in [4.69, 9.17) is 9.26 Å². The van der Waals surface area contributed by atoms with Crippen molar-refractivity contribution in [3.63, 3.8) is 0 Å². The largest absolute Gasteiger partial charge is 0.462 e. The zero-order valence-electron chi connectivity index (χ0n) is 12.1. The number of ether oxygens (including phenoxy) is 1. The fourth-order valence-electron chi connectivity index (χ4n) is 1.59. The Hall–Kier alpha value is -2.05. The molecule has 0 fully saturated rings. The molecule has 1 aromatic heterocycles. The van der Waals surface area contributed by atoms with E-state index in [9.17, 15) is 9.59 Å². The summed E-state index contributed by atoms with van der Waals surface area (Å²) in [5.74, 6) is -0.524. The van der Waals surface area contributed by atoms with Gasteiger partial charge in [0.25, 0.3) is 0 Å². The van der Waals surface area contributed by atoms with E-state index >= 15 is 0 Å². The standard InChI is InChI=1S/C13H21N3O4/c1-4-7-8-14-13(18)15-11-10(12(17)19-6-3)9(5-2)16-20-11/h4-8H2,1-3H3,(H2,14,15,18). The molecule has 0 saturated carbocycles. The molecule has 20 heavy (non-hydrogen) atoms. The van der Waals surface area contributed by atoms with Crippen LogP contribution in [0.4, 0.5) is 10.7 Å². The number of nitrogens with zero attached hydrogens (tertiary/aromatic N) is 1. The first-order valence-electron chi connectivity index (χ1n) is 6.84. The van der Waals surface area contributed by atoms with Gasteiger partial charge in [-0.2, -0.15) is 0 Å². The SMILES string of the molecule is CCCCNC(=O)Nc1onc(CC)c1C(=O)OCC. The van der Waals surface area contributed by atoms with Gasteiger partial charge in [-0.25, -0.2) is 9.59 Å². The molecule has 0 radical (unpaired) electrons. The summed E-state index contributed by atoms with van der Waals surface area (Å²) in [5.41, 5.74) is 0.646. The van der Waals surface area contributed by atoms with Gasteiger partial charge in [-0.1, -0.05) is 25.4 Å². The fraction of sp³-hybridized carbons (Fsp3) is 0.615. The molecule has 1 rings (SSSR count). The van der Waals surface area contributed by atoms with E-state index in [1.165, 1.54) is 0 Å². The third-order valence-electron chi connectivity index (χ3n) is 2.62. The van der Waals surface area contributed by atoms with E-state index in [-0.39, 0.29) is 18.1 Å². The first kappa shape index (κ1) is 16.0. The first-order valence-corrected chi connectivity index (χ1v) is 6.84. The summed E-state index contributed by atoms with van der Waals surface area (Å²) in [6, 6.07) is -0.428. The van der Waals surface area contributed by atoms with E-state index in [1.807, 2.05) is 13.8 Å². The second-order valence-corrected chi connectivity index (χ2v) is 4.14. The van der Waals surface area contributed by atoms with Crippen LogP contribution in [0, 0.1) is 0 Å². The lowest BCUT2D eigenvalue weighted by Gasteiger charge is -2.06. The number of esters is 1. The minimum Gasteiger partial charge on any atom is -0.462 e. The maximum atomic E-state index is 11.9. The van der Waals surface area contributed by atoms with E-state index < -0.39 is 12.0 Å². The maximum Gasteiger partial charge on any atom is 0.345 e. The Balaban J connectivity index is 2.76. The highest BCUT2D eigenvalue weighted by atomic mass is 16.5. The number of hydrogen-bond acceptors (Lipinski definition) is 5. The van der Waals surface area contributed by atoms with Gasteiger partial charge < -0.3 is 14.6 Å². The van der Waals surface area contributed by atoms with Crippen molar-refractivity contribution in [2.45, 2.75) is 40.0 Å². The fourth-order valence-corrected chi connectivity index (χ4v) is 1.59. The van der Waals surface area contributed by atoms with Crippen molar-refractivity contribution in [2.75, 3.05) is 18.5 Å². The van der Waals surface area contributed by atoms with Crippen LogP contribution in [0.3, 0.4) is 0 Å². The second kappa shape index (κ2) is 8.19. The Morgan fingerprint density at radius 3 is 2.65 bits per heavy atom. The molecular formula is C13H21N3O4. The molecule has 112 valence electrons. The Bertz CT molecular complexity index is 456. The number of aromatic nitrogens is 1. The zero-order chi connectivity index (χ0) is 15.0. The molecule has 0 aromatic carbocycles. The number of aryl methyl sites for hydroxylation is 1. The number of hydrogen-bond donors (Lipinski definition) is 2. The summed E-state index contributed by atoms with van der Waals surface area (Å²) in [4.78, 5) is 23.5. The molecule has 0 aliphatic rings. The van der Waals surface area contributed by atoms with Gasteiger partial charge in [0.1, 0.15) is 11.3 Å². The molecule has 7 nitrogen and oxygen atoms in total. The van der Waals surface area contributed by atoms with Crippen LogP contribution in [-0.4, -0.2) is 30.3 Å². The Kier molecular flexibility index (Phi) is 6.55. The summed E-state index contributed by atoms with van der Waals surface area (Å²) in [5, 5.41) is 8.92. The predicted molar refractivity (Wildman–Crippen MR) is 73.8 cm³/mol. The Morgan fingerprint density at radius 1 is 1.30 bits per heavy atom. The molecule has 0 unspecified atom stereocenters. The second-order valence-electron chi connectivity index (χ2n) is 4.14. The highest BCUT2D eigenvalue weighted by Crippen LogP contribution is 2.21. The van der Waals surface area contributed by atoms with Gasteiger partial charge in [-0.15, -0.1) is 0 Å². The van der Waals surface area contributed by atoms with E-state index in [1.54, 1.807) is 6.92 Å². The highest BCUT2D eigenvalue weighted by Gasteiger charge is 2.24. The first-order chi connectivity index (χ1) is 9.63. The number of unbranched alkanes of at least 4 members (excludes halogenated alkanes) is 1. The van der Waals surface area contributed by atoms with Gasteiger partial charge in [0.15, 0.2) is 0 Å². The quantitative estimate of drug-likeness (QED) is 0.591. The molecule has 0 saturated heterocycles. The molecule has 1 aromatic rings. The maximum absolute atomic E-state index is 11.9. The molecule has 2 N–H and O–H groups in total. The lowest BCUT2D eigenvalue weighted by atomic mass is 10.2. The van der Waals surface area contributed by atoms with Gasteiger partial charge in [-0.05, 0) is 19.8 Å². The van der Waals surface area contributed by atoms with Crippen molar-refractivity contribution in [2.24, 2.45) is 0 Å². The lowest BCUT2D eigenvalue weighted by Crippen LogP contribution is -2.30. The summed E-state index contributed by atoms with van der Waals surface area (Å²) >= 11 is 0. The van der Waals surface area contributed by atoms with Crippen molar-refractivity contribution in [1.29, 1.82) is 0 Å². The Morgan fingerprint density at radius 2 is 2.05 bits per heavy atom. The van der Waals surface area contributed by atoms with Crippen molar-refractivity contribution in [3.8, 4) is 0 Å². The summed E-state index contributed by atoms with van der Waals surface area (Å²) in [6.07, 6.45) is 2.38. The third-order valence-corrected chi connectivity index (χ3v) is 2.62. The minimum absolute atomic E-state index is 0.0225. The minimum atomic E-state index is -0.547. The van der Waals surface area contributed by atoms with Crippen LogP contribution in [0.5, 0.6) is 0 Å². The van der Waals surface area contributed by atoms with Crippen molar-refractivity contribution in [1.82, 2.24) is 10.5 Å². The van der Waals surface area contributed by atoms with Crippen LogP contribution in [0.15, 0.2) is 4.52 Å². The molecule has 7 heteroatoms. The highest BCUT2D eigenvalue weighted by molar-refractivity contribution is 5.99. The number of urea groups is 1. The summed E-state index contributed by atoms with van der Waals surface area (Å²) < 4.78 is 9.95. The van der Waals surface area contributed by atoms with Crippen LogP contribution in [-0.2, 0) is 11.2 Å². The molecular weight excluding hydrogens is 262 g/mol. The molecule has 0 spiro atoms. The monoisotopic (exact) mass is 283 g/mol. The van der Waals surface area contributed by atoms with Gasteiger partial charge in [0, 0.05) is 6.54 Å². The average molecular weight is 283 g/mol. The Labute approximate surface area is 118 Å². The van der Waals surface area contributed by atoms with Crippen molar-refractivity contribution >= 4 is 17.9 Å². The zero-order valence-corrected chi connectivity index (χ0v) is 12.1. The van der Waals surface area contributed by atoms with Crippen LogP contribution in [0.25, 0.3) is 0 Å². The molecule has 0 atom stereocenters. The smallest absolute Gasteiger partial charge is 0.345 e. The van der Waals surface area contributed by atoms with Gasteiger partial charge in [-0.3, -0.25) is 5.32 Å². The average Bonchev–Trinajstić information content (AvgIpc) is 2.82. The number of amides is 2. The van der Waals surface area contributed by atoms with Crippen LogP contribution in [0.1, 0.15) is 49.7 Å². The van der Waals surface area contributed by atoms with Crippen LogP contribution < -0.4 is 10.6 Å². The van der Waals surface area contributed by atoms with Crippen molar-refractivity contribution < 1.29 is 18.8 Å². The molecule has 2 amide bonds. The number of rotatable bonds is 7. The van der Waals surface area contributed by atoms with Crippen LogP contribution in [0.2, 0.25) is 0 Å². The molecule has 0 bridgehead atoms. The van der Waals surface area contributed by atoms with E-state index in [0.717, 1.165) is 12.8 Å². The molecule has 0 aliphatic heterocycles. The van der Waals surface area contributed by atoms with E-state index in [0.29, 0.717) is 18.7 Å². The van der Waals surface area contributed by atoms with Crippen LogP contribution >= 0.6 is 0 Å². The predicted octanol–water partition coefficient (Wildman–Crippen LogP) is 2.34. The topological polar surface area (TPSA) is 93.5 Å². The van der Waals surface area contributed by atoms with E-state index in [2.05, 4.69) is 15.8 Å². The third kappa shape index (κ3) is 4.25. The van der Waals surface area contributed by atoms with Gasteiger partial charge in [0.2, 0.25) is 5.88 Å². The summed E-state index contributed by atoms with van der Waals surface area (Å²) in [6.45, 7) is 6.39. The number of carbonyl (C=O) groups excluding carboxylic acids is 2.